The molecule has 2 heterocycles. The minimum absolute atomic E-state index is 0.294. The summed E-state index contributed by atoms with van der Waals surface area (Å²) in [5.41, 5.74) is 1.24. The summed E-state index contributed by atoms with van der Waals surface area (Å²) in [5, 5.41) is 7.63. The normalized spacial score (nSPS) is 10.7. The number of rotatable bonds is 5. The third-order valence-electron chi connectivity index (χ3n) is 3.82. The fourth-order valence-electron chi connectivity index (χ4n) is 2.53. The van der Waals surface area contributed by atoms with Crippen molar-refractivity contribution < 1.29 is 9.59 Å². The van der Waals surface area contributed by atoms with Gasteiger partial charge in [0.25, 0.3) is 5.56 Å². The fraction of sp³-hybridized carbons (Fsp3) is 0.222. The number of hydrogen-bond acceptors (Lipinski definition) is 5. The summed E-state index contributed by atoms with van der Waals surface area (Å²) < 4.78 is 1.19. The van der Waals surface area contributed by atoms with E-state index in [1.807, 2.05) is 24.4 Å². The van der Waals surface area contributed by atoms with Crippen LogP contribution in [-0.2, 0) is 11.3 Å². The van der Waals surface area contributed by atoms with Crippen LogP contribution in [0.25, 0.3) is 21.3 Å². The van der Waals surface area contributed by atoms with Crippen LogP contribution in [0.2, 0.25) is 5.02 Å². The second kappa shape index (κ2) is 8.32. The van der Waals surface area contributed by atoms with Crippen LogP contribution < -0.4 is 16.2 Å². The van der Waals surface area contributed by atoms with Crippen molar-refractivity contribution in [1.29, 1.82) is 0 Å². The zero-order valence-electron chi connectivity index (χ0n) is 14.5. The summed E-state index contributed by atoms with van der Waals surface area (Å²) in [7, 11) is 0. The molecule has 9 heteroatoms. The van der Waals surface area contributed by atoms with Crippen LogP contribution in [0.3, 0.4) is 0 Å². The Hall–Kier alpha value is -2.71. The Morgan fingerprint density at radius 3 is 2.70 bits per heavy atom. The molecule has 2 N–H and O–H groups in total. The van der Waals surface area contributed by atoms with Gasteiger partial charge >= 0.3 is 6.03 Å². The molecule has 0 aliphatic rings. The SMILES string of the molecule is CCCNC(=O)NC(=O)Cn1cnc2scc(-c3ccc(Cl)cc3)c2c1=O. The van der Waals surface area contributed by atoms with E-state index in [1.165, 1.54) is 22.2 Å². The van der Waals surface area contributed by atoms with Crippen molar-refractivity contribution in [2.24, 2.45) is 0 Å². The topological polar surface area (TPSA) is 93.1 Å². The van der Waals surface area contributed by atoms with Gasteiger partial charge < -0.3 is 5.32 Å². The van der Waals surface area contributed by atoms with Crippen molar-refractivity contribution in [3.63, 3.8) is 0 Å². The van der Waals surface area contributed by atoms with Gasteiger partial charge in [-0.3, -0.25) is 19.5 Å². The number of thiophene rings is 1. The van der Waals surface area contributed by atoms with Gasteiger partial charge in [0, 0.05) is 22.5 Å². The predicted octanol–water partition coefficient (Wildman–Crippen LogP) is 3.01. The number of fused-ring (bicyclic) bond motifs is 1. The fourth-order valence-corrected chi connectivity index (χ4v) is 3.56. The van der Waals surface area contributed by atoms with Gasteiger partial charge in [0.1, 0.15) is 11.4 Å². The number of hydrogen-bond donors (Lipinski definition) is 2. The Labute approximate surface area is 164 Å². The first-order valence-electron chi connectivity index (χ1n) is 8.30. The molecule has 27 heavy (non-hydrogen) atoms. The summed E-state index contributed by atoms with van der Waals surface area (Å²) in [6.07, 6.45) is 2.07. The highest BCUT2D eigenvalue weighted by atomic mass is 35.5. The molecule has 0 fully saturated rings. The van der Waals surface area contributed by atoms with Gasteiger partial charge in [-0.15, -0.1) is 11.3 Å². The van der Waals surface area contributed by atoms with Gasteiger partial charge in [-0.25, -0.2) is 9.78 Å². The van der Waals surface area contributed by atoms with E-state index in [-0.39, 0.29) is 12.1 Å². The first kappa shape index (κ1) is 19.1. The molecule has 0 spiro atoms. The largest absolute Gasteiger partial charge is 0.338 e. The van der Waals surface area contributed by atoms with Crippen molar-refractivity contribution in [2.75, 3.05) is 6.54 Å². The Morgan fingerprint density at radius 2 is 2.00 bits per heavy atom. The first-order valence-corrected chi connectivity index (χ1v) is 9.55. The molecule has 0 saturated carbocycles. The molecule has 0 saturated heterocycles. The van der Waals surface area contributed by atoms with Crippen LogP contribution in [0.5, 0.6) is 0 Å². The van der Waals surface area contributed by atoms with E-state index >= 15 is 0 Å². The number of benzene rings is 1. The van der Waals surface area contributed by atoms with Crippen LogP contribution in [0, 0.1) is 0 Å². The lowest BCUT2D eigenvalue weighted by atomic mass is 10.1. The highest BCUT2D eigenvalue weighted by Gasteiger charge is 2.15. The van der Waals surface area contributed by atoms with Gasteiger partial charge in [0.2, 0.25) is 5.91 Å². The van der Waals surface area contributed by atoms with Gasteiger partial charge in [0.05, 0.1) is 11.7 Å². The molecular weight excluding hydrogens is 388 g/mol. The van der Waals surface area contributed by atoms with E-state index in [2.05, 4.69) is 15.6 Å². The molecule has 0 unspecified atom stereocenters. The van der Waals surface area contributed by atoms with Crippen molar-refractivity contribution in [3.8, 4) is 11.1 Å². The lowest BCUT2D eigenvalue weighted by Crippen LogP contribution is -2.42. The van der Waals surface area contributed by atoms with Gasteiger partial charge in [-0.1, -0.05) is 30.7 Å². The average Bonchev–Trinajstić information content (AvgIpc) is 3.08. The summed E-state index contributed by atoms with van der Waals surface area (Å²) in [6, 6.07) is 6.56. The van der Waals surface area contributed by atoms with Crippen LogP contribution >= 0.6 is 22.9 Å². The quantitative estimate of drug-likeness (QED) is 0.683. The smallest absolute Gasteiger partial charge is 0.321 e. The van der Waals surface area contributed by atoms with E-state index in [4.69, 9.17) is 11.6 Å². The van der Waals surface area contributed by atoms with Gasteiger partial charge in [-0.05, 0) is 24.1 Å². The molecule has 7 nitrogen and oxygen atoms in total. The lowest BCUT2D eigenvalue weighted by Gasteiger charge is -2.08. The van der Waals surface area contributed by atoms with Crippen LogP contribution in [0.4, 0.5) is 4.79 Å². The summed E-state index contributed by atoms with van der Waals surface area (Å²) >= 11 is 7.28. The minimum Gasteiger partial charge on any atom is -0.338 e. The van der Waals surface area contributed by atoms with Crippen LogP contribution in [-0.4, -0.2) is 28.0 Å². The van der Waals surface area contributed by atoms with Crippen LogP contribution in [0.15, 0.2) is 40.8 Å². The van der Waals surface area contributed by atoms with E-state index in [1.54, 1.807) is 12.1 Å². The Kier molecular flexibility index (Phi) is 5.88. The van der Waals surface area contributed by atoms with Crippen LogP contribution in [0.1, 0.15) is 13.3 Å². The van der Waals surface area contributed by atoms with Crippen molar-refractivity contribution in [3.05, 3.63) is 51.3 Å². The Balaban J connectivity index is 1.87. The van der Waals surface area contributed by atoms with Gasteiger partial charge in [-0.2, -0.15) is 0 Å². The third-order valence-corrected chi connectivity index (χ3v) is 4.96. The molecule has 0 radical (unpaired) electrons. The van der Waals surface area contributed by atoms with Crippen molar-refractivity contribution >= 4 is 45.1 Å². The van der Waals surface area contributed by atoms with Gasteiger partial charge in [0.15, 0.2) is 0 Å². The number of carbonyl (C=O) groups excluding carboxylic acids is 2. The number of aromatic nitrogens is 2. The minimum atomic E-state index is -0.588. The van der Waals surface area contributed by atoms with E-state index in [9.17, 15) is 14.4 Å². The van der Waals surface area contributed by atoms with Crippen molar-refractivity contribution in [2.45, 2.75) is 19.9 Å². The maximum absolute atomic E-state index is 12.9. The number of halogens is 1. The summed E-state index contributed by atoms with van der Waals surface area (Å²) in [4.78, 5) is 41.3. The third kappa shape index (κ3) is 4.35. The monoisotopic (exact) mass is 404 g/mol. The second-order valence-corrected chi connectivity index (χ2v) is 7.11. The molecule has 3 rings (SSSR count). The number of urea groups is 1. The number of nitrogens with one attached hydrogen (secondary N) is 2. The molecule has 0 bridgehead atoms. The number of nitrogens with zero attached hydrogens (tertiary/aromatic N) is 2. The lowest BCUT2D eigenvalue weighted by molar-refractivity contribution is -0.120. The zero-order chi connectivity index (χ0) is 19.4. The number of carbonyl (C=O) groups is 2. The number of amides is 3. The summed E-state index contributed by atoms with van der Waals surface area (Å²) in [6.45, 7) is 2.07. The molecule has 0 atom stereocenters. The number of imide groups is 1. The van der Waals surface area contributed by atoms with E-state index in [0.717, 1.165) is 17.5 Å². The molecule has 3 amide bonds. The maximum Gasteiger partial charge on any atom is 0.321 e. The highest BCUT2D eigenvalue weighted by molar-refractivity contribution is 7.17. The zero-order valence-corrected chi connectivity index (χ0v) is 16.1. The Morgan fingerprint density at radius 1 is 1.26 bits per heavy atom. The molecule has 3 aromatic rings. The Bertz CT molecular complexity index is 1040. The molecule has 140 valence electrons. The first-order chi connectivity index (χ1) is 13.0. The predicted molar refractivity (Wildman–Crippen MR) is 106 cm³/mol. The standard InChI is InChI=1S/C18H17ClN4O3S/c1-2-7-20-18(26)22-14(24)8-23-10-21-16-15(17(23)25)13(9-27-16)11-3-5-12(19)6-4-11/h3-6,9-10H,2,7-8H2,1H3,(H2,20,22,24,26). The molecule has 0 aliphatic heterocycles. The molecule has 2 aromatic heterocycles. The summed E-state index contributed by atoms with van der Waals surface area (Å²) in [5.74, 6) is -0.588. The molecule has 1 aromatic carbocycles. The molecule has 0 aliphatic carbocycles. The average molecular weight is 405 g/mol. The van der Waals surface area contributed by atoms with Crippen molar-refractivity contribution in [1.82, 2.24) is 20.2 Å². The van der Waals surface area contributed by atoms with E-state index in [0.29, 0.717) is 21.8 Å². The highest BCUT2D eigenvalue weighted by Crippen LogP contribution is 2.31. The maximum atomic E-state index is 12.9. The van der Waals surface area contributed by atoms with E-state index < -0.39 is 11.9 Å². The molecular formula is C18H17ClN4O3S. The second-order valence-electron chi connectivity index (χ2n) is 5.82.